The SMILES string of the molecule is CCCN(C(=O)c1nc[nH]c1C)C1CCN(C(=O)c2ncccc2O)C1. The highest BCUT2D eigenvalue weighted by Gasteiger charge is 2.35. The van der Waals surface area contributed by atoms with Crippen LogP contribution in [0.2, 0.25) is 0 Å². The summed E-state index contributed by atoms with van der Waals surface area (Å²) in [6.45, 7) is 5.38. The average Bonchev–Trinajstić information content (AvgIpc) is 3.28. The van der Waals surface area contributed by atoms with E-state index in [1.165, 1.54) is 18.6 Å². The van der Waals surface area contributed by atoms with Crippen molar-refractivity contribution in [1.82, 2.24) is 24.8 Å². The number of imidazole rings is 1. The summed E-state index contributed by atoms with van der Waals surface area (Å²) in [7, 11) is 0. The number of rotatable bonds is 5. The molecule has 8 heteroatoms. The van der Waals surface area contributed by atoms with E-state index in [2.05, 4.69) is 15.0 Å². The maximum atomic E-state index is 12.9. The van der Waals surface area contributed by atoms with Crippen molar-refractivity contribution in [1.29, 1.82) is 0 Å². The van der Waals surface area contributed by atoms with Crippen LogP contribution in [0.3, 0.4) is 0 Å². The number of carbonyl (C=O) groups excluding carboxylic acids is 2. The fourth-order valence-corrected chi connectivity index (χ4v) is 3.29. The molecular weight excluding hydrogens is 334 g/mol. The van der Waals surface area contributed by atoms with Crippen molar-refractivity contribution in [2.75, 3.05) is 19.6 Å². The van der Waals surface area contributed by atoms with Crippen LogP contribution in [0, 0.1) is 6.92 Å². The number of H-pyrrole nitrogens is 1. The highest BCUT2D eigenvalue weighted by molar-refractivity contribution is 5.95. The van der Waals surface area contributed by atoms with Crippen molar-refractivity contribution < 1.29 is 14.7 Å². The van der Waals surface area contributed by atoms with E-state index >= 15 is 0 Å². The van der Waals surface area contributed by atoms with E-state index in [9.17, 15) is 14.7 Å². The molecule has 138 valence electrons. The van der Waals surface area contributed by atoms with E-state index in [-0.39, 0.29) is 29.3 Å². The molecule has 2 aromatic rings. The van der Waals surface area contributed by atoms with Crippen LogP contribution in [0.15, 0.2) is 24.7 Å². The first-order chi connectivity index (χ1) is 12.5. The lowest BCUT2D eigenvalue weighted by atomic mass is 10.2. The molecule has 1 atom stereocenters. The van der Waals surface area contributed by atoms with Gasteiger partial charge in [0.1, 0.15) is 11.4 Å². The number of nitrogens with one attached hydrogen (secondary N) is 1. The molecule has 0 radical (unpaired) electrons. The summed E-state index contributed by atoms with van der Waals surface area (Å²) < 4.78 is 0. The van der Waals surface area contributed by atoms with Gasteiger partial charge < -0.3 is 19.9 Å². The average molecular weight is 357 g/mol. The Morgan fingerprint density at radius 1 is 1.38 bits per heavy atom. The number of likely N-dealkylation sites (tertiary alicyclic amines) is 1. The number of pyridine rings is 1. The molecule has 2 N–H and O–H groups in total. The number of nitrogens with zero attached hydrogens (tertiary/aromatic N) is 4. The molecule has 2 amide bonds. The zero-order chi connectivity index (χ0) is 18.7. The van der Waals surface area contributed by atoms with E-state index < -0.39 is 0 Å². The van der Waals surface area contributed by atoms with Gasteiger partial charge in [-0.15, -0.1) is 0 Å². The summed E-state index contributed by atoms with van der Waals surface area (Å²) in [5, 5.41) is 9.86. The van der Waals surface area contributed by atoms with Crippen LogP contribution in [0.4, 0.5) is 0 Å². The zero-order valence-electron chi connectivity index (χ0n) is 15.0. The van der Waals surface area contributed by atoms with Crippen LogP contribution < -0.4 is 0 Å². The van der Waals surface area contributed by atoms with E-state index in [1.807, 2.05) is 13.8 Å². The van der Waals surface area contributed by atoms with Gasteiger partial charge in [0.15, 0.2) is 5.69 Å². The van der Waals surface area contributed by atoms with Gasteiger partial charge in [-0.3, -0.25) is 9.59 Å². The molecule has 8 nitrogen and oxygen atoms in total. The standard InChI is InChI=1S/C18H23N5O3/c1-3-8-23(18(26)15-12(2)20-11-21-15)13-6-9-22(10-13)17(25)16-14(24)5-4-7-19-16/h4-5,7,11,13,24H,3,6,8-10H2,1-2H3,(H,20,21). The van der Waals surface area contributed by atoms with Crippen molar-refractivity contribution >= 4 is 11.8 Å². The molecule has 1 saturated heterocycles. The Balaban J connectivity index is 1.75. The predicted octanol–water partition coefficient (Wildman–Crippen LogP) is 1.59. The molecule has 1 aliphatic rings. The quantitative estimate of drug-likeness (QED) is 0.846. The van der Waals surface area contributed by atoms with Crippen LogP contribution >= 0.6 is 0 Å². The Kier molecular flexibility index (Phi) is 5.20. The lowest BCUT2D eigenvalue weighted by molar-refractivity contribution is 0.0649. The minimum absolute atomic E-state index is 0.0460. The third-order valence-electron chi connectivity index (χ3n) is 4.64. The molecular formula is C18H23N5O3. The second kappa shape index (κ2) is 7.55. The molecule has 0 saturated carbocycles. The second-order valence-corrected chi connectivity index (χ2v) is 6.44. The van der Waals surface area contributed by atoms with E-state index in [0.29, 0.717) is 31.7 Å². The number of hydrogen-bond acceptors (Lipinski definition) is 5. The van der Waals surface area contributed by atoms with Gasteiger partial charge >= 0.3 is 0 Å². The number of aromatic nitrogens is 3. The fourth-order valence-electron chi connectivity index (χ4n) is 3.29. The van der Waals surface area contributed by atoms with Gasteiger partial charge in [-0.1, -0.05) is 6.92 Å². The largest absolute Gasteiger partial charge is 0.505 e. The summed E-state index contributed by atoms with van der Waals surface area (Å²) in [6, 6.07) is 2.95. The molecule has 3 rings (SSSR count). The number of carbonyl (C=O) groups is 2. The molecule has 0 aromatic carbocycles. The van der Waals surface area contributed by atoms with Crippen molar-refractivity contribution in [2.45, 2.75) is 32.7 Å². The molecule has 3 heterocycles. The summed E-state index contributed by atoms with van der Waals surface area (Å²) in [4.78, 5) is 40.0. The number of aryl methyl sites for hydroxylation is 1. The van der Waals surface area contributed by atoms with E-state index in [1.54, 1.807) is 15.9 Å². The second-order valence-electron chi connectivity index (χ2n) is 6.44. The van der Waals surface area contributed by atoms with Crippen molar-refractivity contribution in [3.05, 3.63) is 41.7 Å². The summed E-state index contributed by atoms with van der Waals surface area (Å²) in [5.74, 6) is -0.564. The van der Waals surface area contributed by atoms with Gasteiger partial charge in [0.25, 0.3) is 11.8 Å². The van der Waals surface area contributed by atoms with Gasteiger partial charge in [-0.2, -0.15) is 0 Å². The third kappa shape index (κ3) is 3.40. The Morgan fingerprint density at radius 2 is 2.19 bits per heavy atom. The smallest absolute Gasteiger partial charge is 0.276 e. The maximum Gasteiger partial charge on any atom is 0.276 e. The normalized spacial score (nSPS) is 16.7. The maximum absolute atomic E-state index is 12.9. The molecule has 26 heavy (non-hydrogen) atoms. The Bertz CT molecular complexity index is 804. The topological polar surface area (TPSA) is 102 Å². The van der Waals surface area contributed by atoms with Crippen LogP contribution in [-0.4, -0.2) is 67.3 Å². The van der Waals surface area contributed by atoms with Crippen LogP contribution in [0.5, 0.6) is 5.75 Å². The highest BCUT2D eigenvalue weighted by Crippen LogP contribution is 2.23. The lowest BCUT2D eigenvalue weighted by Gasteiger charge is -2.28. The van der Waals surface area contributed by atoms with Crippen molar-refractivity contribution in [3.63, 3.8) is 0 Å². The predicted molar refractivity (Wildman–Crippen MR) is 94.9 cm³/mol. The Hall–Kier alpha value is -2.90. The zero-order valence-corrected chi connectivity index (χ0v) is 15.0. The Labute approximate surface area is 151 Å². The molecule has 0 spiro atoms. The summed E-state index contributed by atoms with van der Waals surface area (Å²) >= 11 is 0. The number of aromatic amines is 1. The van der Waals surface area contributed by atoms with E-state index in [4.69, 9.17) is 0 Å². The number of amides is 2. The Morgan fingerprint density at radius 3 is 2.85 bits per heavy atom. The van der Waals surface area contributed by atoms with E-state index in [0.717, 1.165) is 12.1 Å². The van der Waals surface area contributed by atoms with Gasteiger partial charge in [0, 0.05) is 31.5 Å². The summed E-state index contributed by atoms with van der Waals surface area (Å²) in [6.07, 6.45) is 4.50. The highest BCUT2D eigenvalue weighted by atomic mass is 16.3. The first-order valence-electron chi connectivity index (χ1n) is 8.77. The van der Waals surface area contributed by atoms with Crippen LogP contribution in [-0.2, 0) is 0 Å². The number of hydrogen-bond donors (Lipinski definition) is 2. The molecule has 0 aliphatic carbocycles. The first-order valence-corrected chi connectivity index (χ1v) is 8.77. The minimum atomic E-state index is -0.314. The van der Waals surface area contributed by atoms with Gasteiger partial charge in [0.2, 0.25) is 0 Å². The first kappa shape index (κ1) is 17.9. The van der Waals surface area contributed by atoms with Crippen molar-refractivity contribution in [2.24, 2.45) is 0 Å². The van der Waals surface area contributed by atoms with Gasteiger partial charge in [-0.05, 0) is 31.9 Å². The fraction of sp³-hybridized carbons (Fsp3) is 0.444. The van der Waals surface area contributed by atoms with Crippen molar-refractivity contribution in [3.8, 4) is 5.75 Å². The minimum Gasteiger partial charge on any atom is -0.505 e. The third-order valence-corrected chi connectivity index (χ3v) is 4.64. The molecule has 1 aliphatic heterocycles. The summed E-state index contributed by atoms with van der Waals surface area (Å²) in [5.41, 5.74) is 1.20. The molecule has 1 fully saturated rings. The van der Waals surface area contributed by atoms with Gasteiger partial charge in [-0.25, -0.2) is 9.97 Å². The molecule has 2 aromatic heterocycles. The molecule has 0 bridgehead atoms. The van der Waals surface area contributed by atoms with Crippen LogP contribution in [0.1, 0.15) is 46.4 Å². The van der Waals surface area contributed by atoms with Crippen LogP contribution in [0.25, 0.3) is 0 Å². The number of aromatic hydroxyl groups is 1. The van der Waals surface area contributed by atoms with Gasteiger partial charge in [0.05, 0.1) is 12.4 Å². The monoisotopic (exact) mass is 357 g/mol. The lowest BCUT2D eigenvalue weighted by Crippen LogP contribution is -2.43. The molecule has 1 unspecified atom stereocenters.